The van der Waals surface area contributed by atoms with Crippen molar-refractivity contribution in [3.8, 4) is 0 Å². The van der Waals surface area contributed by atoms with E-state index in [9.17, 15) is 19.4 Å². The molecule has 1 nitrogen and oxygen atoms in total. The van der Waals surface area contributed by atoms with E-state index in [4.69, 9.17) is 4.74 Å². The lowest BCUT2D eigenvalue weighted by Crippen LogP contribution is -2.40. The van der Waals surface area contributed by atoms with E-state index in [0.29, 0.717) is 0 Å². The summed E-state index contributed by atoms with van der Waals surface area (Å²) in [5, 5.41) is 0. The van der Waals surface area contributed by atoms with Gasteiger partial charge in [-0.25, -0.2) is 0 Å². The van der Waals surface area contributed by atoms with Gasteiger partial charge < -0.3 is 4.74 Å². The number of benzene rings is 2. The van der Waals surface area contributed by atoms with Crippen LogP contribution in [0.25, 0.3) is 0 Å². The van der Waals surface area contributed by atoms with Gasteiger partial charge in [0.2, 0.25) is 0 Å². The topological polar surface area (TPSA) is 9.23 Å². The van der Waals surface area contributed by atoms with Gasteiger partial charge in [-0.05, 0) is 11.1 Å². The fourth-order valence-electron chi connectivity index (χ4n) is 2.54. The van der Waals surface area contributed by atoms with Crippen LogP contribution in [0, 0.1) is 0 Å². The maximum absolute atomic E-state index is 13.4. The molecular weight excluding hydrogens is 347 g/mol. The lowest BCUT2D eigenvalue weighted by Gasteiger charge is -2.48. The third-order valence-corrected chi connectivity index (χ3v) is 4.36. The van der Waals surface area contributed by atoms with Crippen LogP contribution in [0.2, 0.25) is 0 Å². The zero-order valence-electron chi connectivity index (χ0n) is 12.7. The van der Waals surface area contributed by atoms with Crippen LogP contribution in [-0.4, -0.2) is 12.4 Å². The van der Waals surface area contributed by atoms with Gasteiger partial charge in [0.05, 0.1) is 6.61 Å². The van der Waals surface area contributed by atoms with Crippen molar-refractivity contribution in [2.75, 3.05) is 12.4 Å². The SMILES string of the molecule is C=CCOC(CS(F)(F)(F)(F)F)(c1ccccc1)c1ccccc1. The molecule has 0 N–H and O–H groups in total. The molecule has 0 saturated heterocycles. The predicted molar refractivity (Wildman–Crippen MR) is 87.8 cm³/mol. The second-order valence-electron chi connectivity index (χ2n) is 5.43. The van der Waals surface area contributed by atoms with Crippen LogP contribution in [0.5, 0.6) is 0 Å². The van der Waals surface area contributed by atoms with Gasteiger partial charge in [-0.2, -0.15) is 0 Å². The van der Waals surface area contributed by atoms with Crippen molar-refractivity contribution in [3.63, 3.8) is 0 Å². The summed E-state index contributed by atoms with van der Waals surface area (Å²) in [4.78, 5) is 0. The summed E-state index contributed by atoms with van der Waals surface area (Å²) < 4.78 is 72.4. The van der Waals surface area contributed by atoms with Gasteiger partial charge in [0.15, 0.2) is 0 Å². The number of ether oxygens (including phenoxy) is 1. The van der Waals surface area contributed by atoms with Crippen LogP contribution >= 0.6 is 10.2 Å². The lowest BCUT2D eigenvalue weighted by molar-refractivity contribution is 0.0110. The largest absolute Gasteiger partial charge is 0.360 e. The molecule has 0 spiro atoms. The number of rotatable bonds is 7. The highest BCUT2D eigenvalue weighted by atomic mass is 32.5. The highest BCUT2D eigenvalue weighted by molar-refractivity contribution is 8.45. The maximum Gasteiger partial charge on any atom is 0.289 e. The fraction of sp³-hybridized carbons (Fsp3) is 0.176. The van der Waals surface area contributed by atoms with Crippen LogP contribution < -0.4 is 0 Å². The molecule has 0 amide bonds. The lowest BCUT2D eigenvalue weighted by atomic mass is 9.87. The Labute approximate surface area is 137 Å². The number of hydrogen-bond acceptors (Lipinski definition) is 1. The molecule has 7 heteroatoms. The first-order valence-corrected chi connectivity index (χ1v) is 9.16. The molecule has 0 saturated carbocycles. The first-order chi connectivity index (χ1) is 11.0. The molecule has 0 fully saturated rings. The molecule has 0 bridgehead atoms. The zero-order valence-corrected chi connectivity index (χ0v) is 13.5. The molecule has 2 aromatic rings. The van der Waals surface area contributed by atoms with Crippen molar-refractivity contribution >= 4 is 10.2 Å². The molecule has 132 valence electrons. The first-order valence-electron chi connectivity index (χ1n) is 7.04. The molecule has 0 aliphatic carbocycles. The summed E-state index contributed by atoms with van der Waals surface area (Å²) in [7, 11) is -9.79. The number of halogens is 5. The Kier molecular flexibility index (Phi) is 4.31. The van der Waals surface area contributed by atoms with Gasteiger partial charge in [-0.1, -0.05) is 86.2 Å². The Bertz CT molecular complexity index is 659. The van der Waals surface area contributed by atoms with Crippen molar-refractivity contribution in [1.29, 1.82) is 0 Å². The van der Waals surface area contributed by atoms with E-state index in [1.165, 1.54) is 54.6 Å². The van der Waals surface area contributed by atoms with Gasteiger partial charge in [-0.3, -0.25) is 0 Å². The maximum atomic E-state index is 13.4. The molecule has 2 aromatic carbocycles. The van der Waals surface area contributed by atoms with Crippen molar-refractivity contribution in [1.82, 2.24) is 0 Å². The van der Waals surface area contributed by atoms with Crippen LogP contribution in [-0.2, 0) is 10.3 Å². The summed E-state index contributed by atoms with van der Waals surface area (Å²) in [5.41, 5.74) is -2.34. The standard InChI is InChI=1S/C17H17F5OS/c1-2-13-23-17(14-24(18,19,20,21)22,15-9-5-3-6-10-15)16-11-7-4-8-12-16/h2-12H,1,13-14H2. The van der Waals surface area contributed by atoms with Crippen molar-refractivity contribution in [3.05, 3.63) is 84.4 Å². The molecule has 0 atom stereocenters. The fourth-order valence-corrected chi connectivity index (χ4v) is 3.73. The van der Waals surface area contributed by atoms with Gasteiger partial charge in [0.25, 0.3) is 10.2 Å². The van der Waals surface area contributed by atoms with Crippen LogP contribution in [0.3, 0.4) is 0 Å². The zero-order chi connectivity index (χ0) is 18.0. The summed E-state index contributed by atoms with van der Waals surface area (Å²) >= 11 is 0. The molecule has 0 aromatic heterocycles. The summed E-state index contributed by atoms with van der Waals surface area (Å²) in [6, 6.07) is 14.5. The first kappa shape index (κ1) is 18.5. The third kappa shape index (κ3) is 4.82. The smallest absolute Gasteiger partial charge is 0.289 e. The summed E-state index contributed by atoms with van der Waals surface area (Å²) in [6.45, 7) is 3.09. The van der Waals surface area contributed by atoms with Gasteiger partial charge in [-0.15, -0.1) is 6.58 Å². The number of hydrogen-bond donors (Lipinski definition) is 0. The van der Waals surface area contributed by atoms with Crippen molar-refractivity contribution < 1.29 is 24.2 Å². The minimum absolute atomic E-state index is 0.00583. The van der Waals surface area contributed by atoms with Crippen molar-refractivity contribution in [2.45, 2.75) is 5.60 Å². The van der Waals surface area contributed by atoms with E-state index < -0.39 is 21.6 Å². The second kappa shape index (κ2) is 5.60. The molecule has 0 radical (unpaired) electrons. The minimum atomic E-state index is -9.79. The average Bonchev–Trinajstić information content (AvgIpc) is 2.51. The highest BCUT2D eigenvalue weighted by Gasteiger charge is 2.68. The molecule has 0 aliphatic heterocycles. The summed E-state index contributed by atoms with van der Waals surface area (Å²) in [5.74, 6) is -2.38. The minimum Gasteiger partial charge on any atom is -0.360 e. The third-order valence-electron chi connectivity index (χ3n) is 3.40. The van der Waals surface area contributed by atoms with Crippen LogP contribution in [0.15, 0.2) is 73.3 Å². The van der Waals surface area contributed by atoms with E-state index in [1.807, 2.05) is 0 Å². The highest BCUT2D eigenvalue weighted by Crippen LogP contribution is 2.98. The van der Waals surface area contributed by atoms with E-state index in [2.05, 4.69) is 6.58 Å². The van der Waals surface area contributed by atoms with Gasteiger partial charge >= 0.3 is 0 Å². The molecule has 0 aliphatic rings. The Morgan fingerprint density at radius 2 is 1.25 bits per heavy atom. The normalized spacial score (nSPS) is 15.4. The molecule has 24 heavy (non-hydrogen) atoms. The Morgan fingerprint density at radius 1 is 0.833 bits per heavy atom. The monoisotopic (exact) mass is 364 g/mol. The van der Waals surface area contributed by atoms with E-state index in [-0.39, 0.29) is 17.7 Å². The van der Waals surface area contributed by atoms with Crippen LogP contribution in [0.1, 0.15) is 11.1 Å². The summed E-state index contributed by atoms with van der Waals surface area (Å²) in [6.07, 6.45) is 1.23. The van der Waals surface area contributed by atoms with Crippen molar-refractivity contribution in [2.24, 2.45) is 0 Å². The Balaban J connectivity index is 2.72. The molecule has 0 heterocycles. The molecular formula is C17H17F5OS. The molecule has 0 unspecified atom stereocenters. The second-order valence-corrected chi connectivity index (χ2v) is 7.98. The predicted octanol–water partition coefficient (Wildman–Crippen LogP) is 6.43. The average molecular weight is 364 g/mol. The van der Waals surface area contributed by atoms with E-state index in [0.717, 1.165) is 0 Å². The van der Waals surface area contributed by atoms with Crippen LogP contribution in [0.4, 0.5) is 19.4 Å². The molecule has 2 rings (SSSR count). The van der Waals surface area contributed by atoms with E-state index >= 15 is 0 Å². The Morgan fingerprint density at radius 3 is 1.58 bits per heavy atom. The van der Waals surface area contributed by atoms with E-state index in [1.54, 1.807) is 12.1 Å². The van der Waals surface area contributed by atoms with Gasteiger partial charge in [0, 0.05) is 0 Å². The quantitative estimate of drug-likeness (QED) is 0.406. The Hall–Kier alpha value is -1.86. The van der Waals surface area contributed by atoms with Gasteiger partial charge in [0.1, 0.15) is 11.4 Å².